The summed E-state index contributed by atoms with van der Waals surface area (Å²) in [6.45, 7) is 1.32. The number of nitrogens with zero attached hydrogens (tertiary/aromatic N) is 2. The molecule has 1 aromatic carbocycles. The fourth-order valence-electron chi connectivity index (χ4n) is 1.89. The summed E-state index contributed by atoms with van der Waals surface area (Å²) in [5.41, 5.74) is 0.921. The van der Waals surface area contributed by atoms with Gasteiger partial charge in [-0.05, 0) is 31.2 Å². The number of carbonyl (C=O) groups excluding carboxylic acids is 2. The summed E-state index contributed by atoms with van der Waals surface area (Å²) in [5, 5.41) is 6.64. The first-order valence-corrected chi connectivity index (χ1v) is 7.75. The van der Waals surface area contributed by atoms with Crippen molar-refractivity contribution in [1.82, 2.24) is 9.78 Å². The summed E-state index contributed by atoms with van der Waals surface area (Å²) in [7, 11) is 1.67. The van der Waals surface area contributed by atoms with Gasteiger partial charge in [0.1, 0.15) is 5.82 Å². The van der Waals surface area contributed by atoms with Gasteiger partial charge in [0.05, 0.1) is 11.3 Å². The number of hydrogen-bond donors (Lipinski definition) is 1. The smallest absolute Gasteiger partial charge is 0.338 e. The van der Waals surface area contributed by atoms with Crippen molar-refractivity contribution in [2.75, 3.05) is 11.9 Å². The maximum absolute atomic E-state index is 12.2. The Hall–Kier alpha value is -2.42. The zero-order valence-electron chi connectivity index (χ0n) is 13.0. The van der Waals surface area contributed by atoms with E-state index in [-0.39, 0.29) is 5.56 Å². The zero-order valence-corrected chi connectivity index (χ0v) is 13.8. The number of rotatable bonds is 6. The summed E-state index contributed by atoms with van der Waals surface area (Å²) in [6.07, 6.45) is 0. The number of esters is 1. The van der Waals surface area contributed by atoms with Crippen molar-refractivity contribution < 1.29 is 23.1 Å². The van der Waals surface area contributed by atoms with E-state index >= 15 is 0 Å². The fraction of sp³-hybridized carbons (Fsp3) is 0.267. The first-order valence-electron chi connectivity index (χ1n) is 6.87. The van der Waals surface area contributed by atoms with Gasteiger partial charge in [-0.3, -0.25) is 9.48 Å². The van der Waals surface area contributed by atoms with E-state index < -0.39 is 24.2 Å². The SMILES string of the molecule is Cc1cc(NC(=O)COC(=O)c2ccc(SC(F)F)cc2)n(C)n1. The highest BCUT2D eigenvalue weighted by Gasteiger charge is 2.13. The molecule has 128 valence electrons. The number of alkyl halides is 2. The van der Waals surface area contributed by atoms with E-state index in [1.165, 1.54) is 28.9 Å². The van der Waals surface area contributed by atoms with Crippen LogP contribution in [-0.2, 0) is 16.6 Å². The van der Waals surface area contributed by atoms with E-state index in [0.29, 0.717) is 22.5 Å². The Labute approximate surface area is 141 Å². The van der Waals surface area contributed by atoms with Crippen LogP contribution in [0.2, 0.25) is 0 Å². The molecule has 0 atom stereocenters. The molecule has 0 radical (unpaired) electrons. The van der Waals surface area contributed by atoms with E-state index in [1.54, 1.807) is 20.0 Å². The van der Waals surface area contributed by atoms with E-state index in [9.17, 15) is 18.4 Å². The lowest BCUT2D eigenvalue weighted by Crippen LogP contribution is -2.22. The Balaban J connectivity index is 1.86. The minimum Gasteiger partial charge on any atom is -0.452 e. The Morgan fingerprint density at radius 1 is 1.33 bits per heavy atom. The number of carbonyl (C=O) groups is 2. The summed E-state index contributed by atoms with van der Waals surface area (Å²) in [5.74, 6) is -3.25. The standard InChI is InChI=1S/C15H15F2N3O3S/c1-9-7-12(20(2)19-9)18-13(21)8-23-14(22)10-3-5-11(6-4-10)24-15(16)17/h3-7,15H,8H2,1-2H3,(H,18,21). The maximum Gasteiger partial charge on any atom is 0.338 e. The Morgan fingerprint density at radius 3 is 2.54 bits per heavy atom. The Bertz CT molecular complexity index is 732. The Morgan fingerprint density at radius 2 is 2.00 bits per heavy atom. The molecule has 0 spiro atoms. The number of halogens is 2. The second-order valence-electron chi connectivity index (χ2n) is 4.82. The molecule has 1 heterocycles. The number of aryl methyl sites for hydroxylation is 2. The van der Waals surface area contributed by atoms with Crippen LogP contribution in [-0.4, -0.2) is 34.0 Å². The van der Waals surface area contributed by atoms with Crippen LogP contribution in [0.5, 0.6) is 0 Å². The molecule has 0 unspecified atom stereocenters. The van der Waals surface area contributed by atoms with Crippen molar-refractivity contribution in [2.24, 2.45) is 7.05 Å². The number of thioether (sulfide) groups is 1. The van der Waals surface area contributed by atoms with Crippen molar-refractivity contribution in [2.45, 2.75) is 17.6 Å². The highest BCUT2D eigenvalue weighted by Crippen LogP contribution is 2.25. The topological polar surface area (TPSA) is 73.2 Å². The minimum absolute atomic E-state index is 0.179. The number of ether oxygens (including phenoxy) is 1. The van der Waals surface area contributed by atoms with Gasteiger partial charge in [-0.25, -0.2) is 4.79 Å². The maximum atomic E-state index is 12.2. The van der Waals surface area contributed by atoms with Gasteiger partial charge in [0.15, 0.2) is 6.61 Å². The van der Waals surface area contributed by atoms with Gasteiger partial charge in [-0.2, -0.15) is 13.9 Å². The second-order valence-corrected chi connectivity index (χ2v) is 5.89. The van der Waals surface area contributed by atoms with Crippen molar-refractivity contribution in [3.8, 4) is 0 Å². The van der Waals surface area contributed by atoms with Crippen LogP contribution in [0.25, 0.3) is 0 Å². The summed E-state index contributed by atoms with van der Waals surface area (Å²) in [6, 6.07) is 7.21. The van der Waals surface area contributed by atoms with Crippen molar-refractivity contribution in [1.29, 1.82) is 0 Å². The molecule has 24 heavy (non-hydrogen) atoms. The van der Waals surface area contributed by atoms with Gasteiger partial charge < -0.3 is 10.1 Å². The first-order chi connectivity index (χ1) is 11.3. The number of aromatic nitrogens is 2. The summed E-state index contributed by atoms with van der Waals surface area (Å²) >= 11 is 0.384. The number of benzene rings is 1. The van der Waals surface area contributed by atoms with Crippen molar-refractivity contribution >= 4 is 29.5 Å². The van der Waals surface area contributed by atoms with E-state index in [4.69, 9.17) is 4.74 Å². The molecule has 2 rings (SSSR count). The molecule has 0 aliphatic carbocycles. The summed E-state index contributed by atoms with van der Waals surface area (Å²) < 4.78 is 30.8. The monoisotopic (exact) mass is 355 g/mol. The molecule has 0 fully saturated rings. The zero-order chi connectivity index (χ0) is 17.7. The molecule has 1 amide bonds. The third-order valence-electron chi connectivity index (χ3n) is 2.92. The average Bonchev–Trinajstić information content (AvgIpc) is 2.82. The van der Waals surface area contributed by atoms with Gasteiger partial charge >= 0.3 is 5.97 Å². The molecule has 2 aromatic rings. The Kier molecular flexibility index (Phi) is 5.91. The number of nitrogens with one attached hydrogen (secondary N) is 1. The molecule has 1 N–H and O–H groups in total. The van der Waals surface area contributed by atoms with Crippen LogP contribution in [0.1, 0.15) is 16.1 Å². The quantitative estimate of drug-likeness (QED) is 0.637. The molecule has 0 saturated carbocycles. The average molecular weight is 355 g/mol. The minimum atomic E-state index is -2.53. The number of anilines is 1. The van der Waals surface area contributed by atoms with E-state index in [0.717, 1.165) is 5.69 Å². The largest absolute Gasteiger partial charge is 0.452 e. The number of hydrogen-bond acceptors (Lipinski definition) is 5. The lowest BCUT2D eigenvalue weighted by Gasteiger charge is -2.07. The van der Waals surface area contributed by atoms with Crippen LogP contribution in [0.4, 0.5) is 14.6 Å². The fourth-order valence-corrected chi connectivity index (χ4v) is 2.39. The molecule has 6 nitrogen and oxygen atoms in total. The van der Waals surface area contributed by atoms with Crippen LogP contribution in [0, 0.1) is 6.92 Å². The molecule has 0 aliphatic heterocycles. The lowest BCUT2D eigenvalue weighted by molar-refractivity contribution is -0.119. The van der Waals surface area contributed by atoms with E-state index in [1.807, 2.05) is 0 Å². The van der Waals surface area contributed by atoms with Gasteiger partial charge in [0, 0.05) is 18.0 Å². The lowest BCUT2D eigenvalue weighted by atomic mass is 10.2. The van der Waals surface area contributed by atoms with Crippen LogP contribution >= 0.6 is 11.8 Å². The van der Waals surface area contributed by atoms with Gasteiger partial charge in [0.2, 0.25) is 0 Å². The summed E-state index contributed by atoms with van der Waals surface area (Å²) in [4.78, 5) is 23.9. The molecule has 0 saturated heterocycles. The van der Waals surface area contributed by atoms with Crippen LogP contribution < -0.4 is 5.32 Å². The highest BCUT2D eigenvalue weighted by molar-refractivity contribution is 7.99. The molecule has 0 aliphatic rings. The molecular weight excluding hydrogens is 340 g/mol. The van der Waals surface area contributed by atoms with Crippen LogP contribution in [0.3, 0.4) is 0 Å². The second kappa shape index (κ2) is 7.91. The van der Waals surface area contributed by atoms with Gasteiger partial charge in [-0.1, -0.05) is 11.8 Å². The van der Waals surface area contributed by atoms with Crippen molar-refractivity contribution in [3.05, 3.63) is 41.6 Å². The molecule has 0 bridgehead atoms. The van der Waals surface area contributed by atoms with Crippen LogP contribution in [0.15, 0.2) is 35.2 Å². The molecule has 9 heteroatoms. The van der Waals surface area contributed by atoms with E-state index in [2.05, 4.69) is 10.4 Å². The number of amides is 1. The normalized spacial score (nSPS) is 10.7. The predicted octanol–water partition coefficient (Wildman–Crippen LogP) is 2.84. The third-order valence-corrected chi connectivity index (χ3v) is 3.64. The third kappa shape index (κ3) is 5.05. The van der Waals surface area contributed by atoms with Crippen molar-refractivity contribution in [3.63, 3.8) is 0 Å². The molecular formula is C15H15F2N3O3S. The van der Waals surface area contributed by atoms with Gasteiger partial charge in [0.25, 0.3) is 11.7 Å². The first kappa shape index (κ1) is 17.9. The predicted molar refractivity (Wildman–Crippen MR) is 85.2 cm³/mol. The highest BCUT2D eigenvalue weighted by atomic mass is 32.2. The molecule has 1 aromatic heterocycles. The van der Waals surface area contributed by atoms with Gasteiger partial charge in [-0.15, -0.1) is 0 Å².